The van der Waals surface area contributed by atoms with Crippen LogP contribution in [0.15, 0.2) is 12.1 Å². The van der Waals surface area contributed by atoms with Crippen molar-refractivity contribution >= 4 is 34.6 Å². The van der Waals surface area contributed by atoms with E-state index in [2.05, 4.69) is 23.6 Å². The van der Waals surface area contributed by atoms with Crippen molar-refractivity contribution in [2.75, 3.05) is 36.8 Å². The number of nitrogens with two attached hydrogens (primary N) is 1. The fourth-order valence-corrected chi connectivity index (χ4v) is 3.61. The lowest BCUT2D eigenvalue weighted by Crippen LogP contribution is -2.37. The van der Waals surface area contributed by atoms with Gasteiger partial charge in [0.1, 0.15) is 0 Å². The van der Waals surface area contributed by atoms with Crippen LogP contribution in [-0.2, 0) is 0 Å². The molecule has 1 saturated heterocycles. The zero-order chi connectivity index (χ0) is 14.0. The molecule has 2 rings (SSSR count). The van der Waals surface area contributed by atoms with Crippen LogP contribution in [0.2, 0.25) is 10.0 Å². The van der Waals surface area contributed by atoms with Crippen molar-refractivity contribution in [1.29, 1.82) is 0 Å². The molecule has 19 heavy (non-hydrogen) atoms. The van der Waals surface area contributed by atoms with Gasteiger partial charge in [-0.15, -0.1) is 0 Å². The van der Waals surface area contributed by atoms with Gasteiger partial charge in [0.25, 0.3) is 0 Å². The average molecular weight is 302 g/mol. The highest BCUT2D eigenvalue weighted by Gasteiger charge is 2.28. The van der Waals surface area contributed by atoms with E-state index in [1.54, 1.807) is 12.1 Å². The van der Waals surface area contributed by atoms with Gasteiger partial charge in [-0.05, 0) is 31.6 Å². The van der Waals surface area contributed by atoms with Crippen molar-refractivity contribution in [3.05, 3.63) is 22.2 Å². The first-order valence-corrected chi connectivity index (χ1v) is 7.55. The summed E-state index contributed by atoms with van der Waals surface area (Å²) >= 11 is 12.6. The molecular weight excluding hydrogens is 281 g/mol. The quantitative estimate of drug-likeness (QED) is 0.864. The van der Waals surface area contributed by atoms with Crippen molar-refractivity contribution in [3.63, 3.8) is 0 Å². The summed E-state index contributed by atoms with van der Waals surface area (Å²) in [6, 6.07) is 4.13. The van der Waals surface area contributed by atoms with E-state index >= 15 is 0 Å². The van der Waals surface area contributed by atoms with Crippen molar-refractivity contribution < 1.29 is 0 Å². The molecular formula is C14H21Cl2N3. The van der Waals surface area contributed by atoms with Crippen molar-refractivity contribution in [2.45, 2.75) is 26.3 Å². The van der Waals surface area contributed by atoms with Gasteiger partial charge in [0.2, 0.25) is 0 Å². The molecule has 0 aromatic heterocycles. The Labute approximate surface area is 125 Å². The van der Waals surface area contributed by atoms with Gasteiger partial charge in [0.05, 0.1) is 15.7 Å². The van der Waals surface area contributed by atoms with Gasteiger partial charge < -0.3 is 10.6 Å². The number of hydrogen-bond donors (Lipinski definition) is 1. The summed E-state index contributed by atoms with van der Waals surface area (Å²) in [4.78, 5) is 4.76. The van der Waals surface area contributed by atoms with Gasteiger partial charge in [-0.1, -0.05) is 37.0 Å². The first kappa shape index (κ1) is 14.8. The lowest BCUT2D eigenvalue weighted by molar-refractivity contribution is 0.232. The minimum Gasteiger partial charge on any atom is -0.399 e. The van der Waals surface area contributed by atoms with E-state index in [4.69, 9.17) is 28.9 Å². The molecule has 0 amide bonds. The molecule has 1 unspecified atom stereocenters. The van der Waals surface area contributed by atoms with Crippen molar-refractivity contribution in [2.24, 2.45) is 0 Å². The summed E-state index contributed by atoms with van der Waals surface area (Å²) in [5.74, 6) is 0. The number of nitrogens with zero attached hydrogens (tertiary/aromatic N) is 2. The van der Waals surface area contributed by atoms with E-state index in [0.29, 0.717) is 21.8 Å². The fourth-order valence-electron chi connectivity index (χ4n) is 2.87. The number of anilines is 2. The van der Waals surface area contributed by atoms with Gasteiger partial charge in [0, 0.05) is 24.8 Å². The van der Waals surface area contributed by atoms with E-state index in [1.807, 2.05) is 0 Å². The molecule has 1 atom stereocenters. The molecule has 1 aromatic rings. The van der Waals surface area contributed by atoms with Gasteiger partial charge in [-0.2, -0.15) is 0 Å². The normalized spacial score (nSPS) is 19.4. The van der Waals surface area contributed by atoms with Crippen molar-refractivity contribution in [1.82, 2.24) is 4.90 Å². The van der Waals surface area contributed by atoms with E-state index in [9.17, 15) is 0 Å². The topological polar surface area (TPSA) is 32.5 Å². The largest absolute Gasteiger partial charge is 0.399 e. The van der Waals surface area contributed by atoms with Crippen molar-refractivity contribution in [3.8, 4) is 0 Å². The maximum absolute atomic E-state index is 6.29. The number of halogens is 2. The van der Waals surface area contributed by atoms with E-state index in [1.165, 1.54) is 0 Å². The van der Waals surface area contributed by atoms with Crippen LogP contribution in [0.1, 0.15) is 20.3 Å². The number of likely N-dealkylation sites (N-methyl/N-ethyl adjacent to an activating group) is 1. The number of rotatable bonds is 4. The number of nitrogen functional groups attached to an aromatic ring is 1. The SMILES string of the molecule is CCN(CC)C1CCN(c2c(Cl)cc(N)cc2Cl)C1. The Hall–Kier alpha value is -0.640. The van der Waals surface area contributed by atoms with E-state index in [-0.39, 0.29) is 0 Å². The summed E-state index contributed by atoms with van der Waals surface area (Å²) in [5, 5.41) is 1.29. The van der Waals surface area contributed by atoms with Crippen LogP contribution in [0, 0.1) is 0 Å². The smallest absolute Gasteiger partial charge is 0.0747 e. The maximum atomic E-state index is 6.29. The second-order valence-corrected chi connectivity index (χ2v) is 5.76. The lowest BCUT2D eigenvalue weighted by Gasteiger charge is -2.27. The molecule has 0 saturated carbocycles. The molecule has 1 aromatic carbocycles. The minimum atomic E-state index is 0.583. The minimum absolute atomic E-state index is 0.583. The first-order valence-electron chi connectivity index (χ1n) is 6.80. The third-order valence-electron chi connectivity index (χ3n) is 3.85. The third-order valence-corrected chi connectivity index (χ3v) is 4.42. The van der Waals surface area contributed by atoms with Crippen LogP contribution in [0.3, 0.4) is 0 Å². The molecule has 1 aliphatic rings. The second kappa shape index (κ2) is 6.21. The maximum Gasteiger partial charge on any atom is 0.0747 e. The lowest BCUT2D eigenvalue weighted by atomic mass is 10.2. The van der Waals surface area contributed by atoms with Crippen LogP contribution in [0.5, 0.6) is 0 Å². The Morgan fingerprint density at radius 1 is 1.26 bits per heavy atom. The summed E-state index contributed by atoms with van der Waals surface area (Å²) in [6.07, 6.45) is 1.15. The molecule has 3 nitrogen and oxygen atoms in total. The Balaban J connectivity index is 2.17. The molecule has 1 fully saturated rings. The van der Waals surface area contributed by atoms with Gasteiger partial charge in [-0.3, -0.25) is 4.90 Å². The zero-order valence-corrected chi connectivity index (χ0v) is 13.0. The Morgan fingerprint density at radius 3 is 2.37 bits per heavy atom. The first-order chi connectivity index (χ1) is 9.06. The van der Waals surface area contributed by atoms with Crippen LogP contribution >= 0.6 is 23.2 Å². The molecule has 0 radical (unpaired) electrons. The number of hydrogen-bond acceptors (Lipinski definition) is 3. The zero-order valence-electron chi connectivity index (χ0n) is 11.5. The second-order valence-electron chi connectivity index (χ2n) is 4.94. The van der Waals surface area contributed by atoms with E-state index in [0.717, 1.165) is 38.3 Å². The van der Waals surface area contributed by atoms with E-state index < -0.39 is 0 Å². The summed E-state index contributed by atoms with van der Waals surface area (Å²) < 4.78 is 0. The molecule has 1 heterocycles. The standard InChI is InChI=1S/C14H21Cl2N3/c1-3-18(4-2)11-5-6-19(9-11)14-12(15)7-10(17)8-13(14)16/h7-8,11H,3-6,9,17H2,1-2H3. The summed E-state index contributed by atoms with van der Waals surface area (Å²) in [5.41, 5.74) is 7.28. The number of benzene rings is 1. The molecule has 1 aliphatic heterocycles. The highest BCUT2D eigenvalue weighted by Crippen LogP contribution is 2.38. The monoisotopic (exact) mass is 301 g/mol. The highest BCUT2D eigenvalue weighted by atomic mass is 35.5. The highest BCUT2D eigenvalue weighted by molar-refractivity contribution is 6.39. The summed E-state index contributed by atoms with van der Waals surface area (Å²) in [6.45, 7) is 8.54. The van der Waals surface area contributed by atoms with Crippen LogP contribution in [0.4, 0.5) is 11.4 Å². The fraction of sp³-hybridized carbons (Fsp3) is 0.571. The summed E-state index contributed by atoms with van der Waals surface area (Å²) in [7, 11) is 0. The molecule has 5 heteroatoms. The molecule has 106 valence electrons. The predicted molar refractivity (Wildman–Crippen MR) is 84.4 cm³/mol. The molecule has 2 N–H and O–H groups in total. The van der Waals surface area contributed by atoms with Crippen LogP contribution < -0.4 is 10.6 Å². The van der Waals surface area contributed by atoms with Crippen LogP contribution in [-0.4, -0.2) is 37.1 Å². The molecule has 0 bridgehead atoms. The average Bonchev–Trinajstić information content (AvgIpc) is 2.78. The van der Waals surface area contributed by atoms with Crippen LogP contribution in [0.25, 0.3) is 0 Å². The Morgan fingerprint density at radius 2 is 1.84 bits per heavy atom. The molecule has 0 aliphatic carbocycles. The predicted octanol–water partition coefficient (Wildman–Crippen LogP) is 3.50. The van der Waals surface area contributed by atoms with Gasteiger partial charge in [-0.25, -0.2) is 0 Å². The van der Waals surface area contributed by atoms with Gasteiger partial charge >= 0.3 is 0 Å². The molecule has 0 spiro atoms. The Kier molecular flexibility index (Phi) is 4.82. The van der Waals surface area contributed by atoms with Gasteiger partial charge in [0.15, 0.2) is 0 Å². The third kappa shape index (κ3) is 3.10. The Bertz CT molecular complexity index is 423.